The van der Waals surface area contributed by atoms with Crippen LogP contribution in [0.5, 0.6) is 0 Å². The van der Waals surface area contributed by atoms with Gasteiger partial charge in [-0.15, -0.1) is 6.58 Å². The summed E-state index contributed by atoms with van der Waals surface area (Å²) in [5.74, 6) is 0. The molecule has 0 heterocycles. The lowest BCUT2D eigenvalue weighted by Crippen LogP contribution is -2.51. The van der Waals surface area contributed by atoms with Crippen LogP contribution in [-0.2, 0) is 13.9 Å². The highest BCUT2D eigenvalue weighted by Crippen LogP contribution is 2.34. The number of aliphatic hydroxyl groups excluding tert-OH is 1. The molecule has 1 N–H and O–H groups in total. The Morgan fingerprint density at radius 2 is 1.85 bits per heavy atom. The van der Waals surface area contributed by atoms with Crippen LogP contribution in [0.2, 0.25) is 18.1 Å². The van der Waals surface area contributed by atoms with Gasteiger partial charge in [-0.2, -0.15) is 0 Å². The molecule has 0 fully saturated rings. The molecule has 0 rings (SSSR count). The summed E-state index contributed by atoms with van der Waals surface area (Å²) in [5.41, 5.74) is 0.775. The van der Waals surface area contributed by atoms with Crippen molar-refractivity contribution in [2.24, 2.45) is 0 Å². The minimum atomic E-state index is -1.77. The molecular formula is C21H42O4Si. The zero-order valence-electron chi connectivity index (χ0n) is 18.0. The van der Waals surface area contributed by atoms with Crippen LogP contribution < -0.4 is 0 Å². The van der Waals surface area contributed by atoms with Gasteiger partial charge in [0.2, 0.25) is 0 Å². The average molecular weight is 387 g/mol. The third-order valence-corrected chi connectivity index (χ3v) is 10.2. The lowest BCUT2D eigenvalue weighted by atomic mass is 9.89. The highest BCUT2D eigenvalue weighted by molar-refractivity contribution is 6.73. The van der Waals surface area contributed by atoms with Gasteiger partial charge in [-0.3, -0.25) is 0 Å². The Bertz CT molecular complexity index is 399. The number of aliphatic hydroxyl groups is 1. The first-order valence-electron chi connectivity index (χ1n) is 10.0. The van der Waals surface area contributed by atoms with E-state index in [0.717, 1.165) is 43.8 Å². The van der Waals surface area contributed by atoms with Crippen LogP contribution in [0.15, 0.2) is 24.3 Å². The van der Waals surface area contributed by atoms with Gasteiger partial charge in [0.15, 0.2) is 8.32 Å². The largest absolute Gasteiger partial charge is 0.411 e. The molecule has 0 aromatic heterocycles. The van der Waals surface area contributed by atoms with Crippen molar-refractivity contribution < 1.29 is 19.0 Å². The molecule has 26 heavy (non-hydrogen) atoms. The second-order valence-electron chi connectivity index (χ2n) is 7.31. The summed E-state index contributed by atoms with van der Waals surface area (Å²) in [6, 6.07) is 3.34. The van der Waals surface area contributed by atoms with E-state index in [2.05, 4.69) is 41.2 Å². The Labute approximate surface area is 162 Å². The van der Waals surface area contributed by atoms with Crippen LogP contribution in [0, 0.1) is 0 Å². The first-order chi connectivity index (χ1) is 12.4. The van der Waals surface area contributed by atoms with Crippen LogP contribution in [0.25, 0.3) is 0 Å². The van der Waals surface area contributed by atoms with E-state index in [-0.39, 0.29) is 19.5 Å². The SMILES string of the molecule is C=CCC[C@](C)(OCOC)[C@@H](CC/C(C)=C/CO)O[Si](CC)(CC)CC. The summed E-state index contributed by atoms with van der Waals surface area (Å²) in [4.78, 5) is 0. The molecule has 0 aliphatic carbocycles. The third kappa shape index (κ3) is 8.48. The zero-order valence-corrected chi connectivity index (χ0v) is 19.0. The van der Waals surface area contributed by atoms with E-state index >= 15 is 0 Å². The summed E-state index contributed by atoms with van der Waals surface area (Å²) in [7, 11) is -0.121. The quantitative estimate of drug-likeness (QED) is 0.218. The average Bonchev–Trinajstić information content (AvgIpc) is 2.65. The Kier molecular flexibility index (Phi) is 13.4. The van der Waals surface area contributed by atoms with Crippen molar-refractivity contribution in [3.05, 3.63) is 24.3 Å². The Morgan fingerprint density at radius 1 is 1.23 bits per heavy atom. The van der Waals surface area contributed by atoms with Crippen molar-refractivity contribution in [1.82, 2.24) is 0 Å². The maximum atomic E-state index is 9.14. The van der Waals surface area contributed by atoms with E-state index in [1.165, 1.54) is 5.57 Å². The molecule has 0 aromatic carbocycles. The predicted molar refractivity (Wildman–Crippen MR) is 113 cm³/mol. The summed E-state index contributed by atoms with van der Waals surface area (Å²) in [5, 5.41) is 9.14. The van der Waals surface area contributed by atoms with Crippen molar-refractivity contribution in [1.29, 1.82) is 0 Å². The monoisotopic (exact) mass is 386 g/mol. The van der Waals surface area contributed by atoms with Crippen molar-refractivity contribution in [3.63, 3.8) is 0 Å². The predicted octanol–water partition coefficient (Wildman–Crippen LogP) is 5.44. The topological polar surface area (TPSA) is 47.9 Å². The Hall–Kier alpha value is -0.463. The maximum absolute atomic E-state index is 9.14. The number of methoxy groups -OCH3 is 1. The molecule has 0 bridgehead atoms. The fourth-order valence-electron chi connectivity index (χ4n) is 3.32. The van der Waals surface area contributed by atoms with E-state index in [9.17, 15) is 0 Å². The lowest BCUT2D eigenvalue weighted by molar-refractivity contribution is -0.168. The van der Waals surface area contributed by atoms with E-state index in [1.807, 2.05) is 12.2 Å². The van der Waals surface area contributed by atoms with Crippen LogP contribution in [-0.4, -0.2) is 45.6 Å². The highest BCUT2D eigenvalue weighted by Gasteiger charge is 2.41. The second kappa shape index (κ2) is 13.7. The molecule has 4 nitrogen and oxygen atoms in total. The first-order valence-corrected chi connectivity index (χ1v) is 12.6. The van der Waals surface area contributed by atoms with Gasteiger partial charge in [-0.05, 0) is 57.7 Å². The van der Waals surface area contributed by atoms with E-state index in [1.54, 1.807) is 7.11 Å². The fourth-order valence-corrected chi connectivity index (χ4v) is 6.29. The van der Waals surface area contributed by atoms with E-state index < -0.39 is 13.9 Å². The highest BCUT2D eigenvalue weighted by atomic mass is 28.4. The van der Waals surface area contributed by atoms with Gasteiger partial charge in [0.25, 0.3) is 0 Å². The number of rotatable bonds is 16. The van der Waals surface area contributed by atoms with Gasteiger partial charge >= 0.3 is 0 Å². The summed E-state index contributed by atoms with van der Waals surface area (Å²) >= 11 is 0. The minimum absolute atomic E-state index is 0.00570. The van der Waals surface area contributed by atoms with Crippen LogP contribution >= 0.6 is 0 Å². The number of hydrogen-bond donors (Lipinski definition) is 1. The second-order valence-corrected chi connectivity index (χ2v) is 12.0. The van der Waals surface area contributed by atoms with Gasteiger partial charge in [-0.1, -0.05) is 38.5 Å². The number of allylic oxidation sites excluding steroid dienone is 2. The molecule has 0 saturated carbocycles. The summed E-state index contributed by atoms with van der Waals surface area (Å²) < 4.78 is 18.3. The molecule has 5 heteroatoms. The Morgan fingerprint density at radius 3 is 2.31 bits per heavy atom. The van der Waals surface area contributed by atoms with Crippen LogP contribution in [0.4, 0.5) is 0 Å². The standard InChI is InChI=1S/C21H42O4Si/c1-8-12-16-21(6,24-18-23-7)20(14-13-19(5)15-17-22)25-26(9-2,10-3)11-4/h8,15,20,22H,1,9-14,16-18H2,2-7H3/b19-15+/t20-,21+/m1/s1. The van der Waals surface area contributed by atoms with Gasteiger partial charge < -0.3 is 19.0 Å². The van der Waals surface area contributed by atoms with Crippen molar-refractivity contribution in [3.8, 4) is 0 Å². The molecule has 0 aliphatic rings. The van der Waals surface area contributed by atoms with Crippen LogP contribution in [0.3, 0.4) is 0 Å². The molecule has 0 saturated heterocycles. The molecule has 0 spiro atoms. The first kappa shape index (κ1) is 25.5. The summed E-state index contributed by atoms with van der Waals surface area (Å²) in [6.07, 6.45) is 7.33. The molecular weight excluding hydrogens is 344 g/mol. The number of hydrogen-bond acceptors (Lipinski definition) is 4. The molecule has 0 aromatic rings. The number of ether oxygens (including phenoxy) is 2. The van der Waals surface area contributed by atoms with Crippen molar-refractivity contribution >= 4 is 8.32 Å². The normalized spacial score (nSPS) is 16.3. The molecule has 0 radical (unpaired) electrons. The molecule has 0 aliphatic heterocycles. The van der Waals surface area contributed by atoms with Crippen molar-refractivity contribution in [2.45, 2.75) is 90.1 Å². The van der Waals surface area contributed by atoms with Crippen molar-refractivity contribution in [2.75, 3.05) is 20.5 Å². The zero-order chi connectivity index (χ0) is 20.1. The van der Waals surface area contributed by atoms with Gasteiger partial charge in [0.05, 0.1) is 18.3 Å². The van der Waals surface area contributed by atoms with Crippen LogP contribution in [0.1, 0.15) is 60.3 Å². The molecule has 2 atom stereocenters. The third-order valence-electron chi connectivity index (χ3n) is 5.60. The summed E-state index contributed by atoms with van der Waals surface area (Å²) in [6.45, 7) is 15.2. The lowest BCUT2D eigenvalue weighted by Gasteiger charge is -2.43. The molecule has 0 unspecified atom stereocenters. The van der Waals surface area contributed by atoms with Gasteiger partial charge in [-0.25, -0.2) is 0 Å². The molecule has 154 valence electrons. The Balaban J connectivity index is 5.58. The van der Waals surface area contributed by atoms with Gasteiger partial charge in [0.1, 0.15) is 6.79 Å². The fraction of sp³-hybridized carbons (Fsp3) is 0.810. The minimum Gasteiger partial charge on any atom is -0.411 e. The van der Waals surface area contributed by atoms with E-state index in [0.29, 0.717) is 0 Å². The smallest absolute Gasteiger partial charge is 0.192 e. The molecule has 0 amide bonds. The maximum Gasteiger partial charge on any atom is 0.192 e. The van der Waals surface area contributed by atoms with Gasteiger partial charge in [0, 0.05) is 7.11 Å². The van der Waals surface area contributed by atoms with E-state index in [4.69, 9.17) is 19.0 Å².